The van der Waals surface area contributed by atoms with Crippen LogP contribution in [0.3, 0.4) is 0 Å². The van der Waals surface area contributed by atoms with Crippen LogP contribution >= 0.6 is 38.5 Å². The molecule has 0 unspecified atom stereocenters. The van der Waals surface area contributed by atoms with Gasteiger partial charge in [0, 0.05) is 31.6 Å². The highest BCUT2D eigenvalue weighted by Crippen LogP contribution is 2.36. The summed E-state index contributed by atoms with van der Waals surface area (Å²) in [5.41, 5.74) is 5.43. The quantitative estimate of drug-likeness (QED) is 0.339. The summed E-state index contributed by atoms with van der Waals surface area (Å²) < 4.78 is 2.16. The van der Waals surface area contributed by atoms with Crippen LogP contribution in [-0.4, -0.2) is 15.0 Å². The van der Waals surface area contributed by atoms with Gasteiger partial charge in [0.2, 0.25) is 0 Å². The number of aromatic nitrogens is 3. The summed E-state index contributed by atoms with van der Waals surface area (Å²) in [5, 5.41) is 0. The maximum absolute atomic E-state index is 4.90. The van der Waals surface area contributed by atoms with Crippen molar-refractivity contribution in [1.82, 2.24) is 15.0 Å². The first-order chi connectivity index (χ1) is 11.7. The number of nitrogens with zero attached hydrogens (tertiary/aromatic N) is 3. The lowest BCUT2D eigenvalue weighted by atomic mass is 10.0. The van der Waals surface area contributed by atoms with Gasteiger partial charge >= 0.3 is 0 Å². The van der Waals surface area contributed by atoms with Crippen LogP contribution in [-0.2, 0) is 0 Å². The Morgan fingerprint density at radius 3 is 2.25 bits per heavy atom. The number of halogens is 2. The number of para-hydroxylation sites is 2. The van der Waals surface area contributed by atoms with Gasteiger partial charge in [-0.15, -0.1) is 0 Å². The fourth-order valence-corrected chi connectivity index (χ4v) is 3.53. The highest BCUT2D eigenvalue weighted by molar-refractivity contribution is 14.1. The zero-order valence-corrected chi connectivity index (χ0v) is 16.2. The SMILES string of the molecule is Brc1c(I)cccc1-c1nc2ccccc2nc1-c1cccnc1. The van der Waals surface area contributed by atoms with Crippen LogP contribution in [0.25, 0.3) is 33.5 Å². The monoisotopic (exact) mass is 487 g/mol. The Hall–Kier alpha value is -1.86. The smallest absolute Gasteiger partial charge is 0.0988 e. The third-order valence-corrected chi connectivity index (χ3v) is 6.21. The van der Waals surface area contributed by atoms with E-state index in [0.717, 1.165) is 41.6 Å². The molecule has 0 fully saturated rings. The molecule has 3 nitrogen and oxygen atoms in total. The van der Waals surface area contributed by atoms with E-state index in [4.69, 9.17) is 9.97 Å². The minimum absolute atomic E-state index is 0.838. The molecule has 0 saturated carbocycles. The second kappa shape index (κ2) is 6.57. The van der Waals surface area contributed by atoms with Gasteiger partial charge < -0.3 is 0 Å². The number of rotatable bonds is 2. The summed E-state index contributed by atoms with van der Waals surface area (Å²) in [6.45, 7) is 0. The molecule has 0 aliphatic rings. The third-order valence-electron chi connectivity index (χ3n) is 3.71. The van der Waals surface area contributed by atoms with E-state index in [9.17, 15) is 0 Å². The van der Waals surface area contributed by atoms with Gasteiger partial charge in [-0.25, -0.2) is 9.97 Å². The van der Waals surface area contributed by atoms with Crippen LogP contribution in [0, 0.1) is 3.57 Å². The molecule has 2 heterocycles. The van der Waals surface area contributed by atoms with Crippen LogP contribution < -0.4 is 0 Å². The molecular weight excluding hydrogens is 477 g/mol. The molecule has 116 valence electrons. The Kier molecular flexibility index (Phi) is 4.28. The predicted octanol–water partition coefficient (Wildman–Crippen LogP) is 5.73. The molecule has 2 aromatic heterocycles. The minimum Gasteiger partial charge on any atom is -0.264 e. The van der Waals surface area contributed by atoms with Crippen molar-refractivity contribution in [1.29, 1.82) is 0 Å². The normalized spacial score (nSPS) is 10.9. The Bertz CT molecular complexity index is 1040. The lowest BCUT2D eigenvalue weighted by molar-refractivity contribution is 1.26. The van der Waals surface area contributed by atoms with Crippen molar-refractivity contribution in [2.75, 3.05) is 0 Å². The highest BCUT2D eigenvalue weighted by Gasteiger charge is 2.16. The van der Waals surface area contributed by atoms with Gasteiger partial charge in [0.15, 0.2) is 0 Å². The highest BCUT2D eigenvalue weighted by atomic mass is 127. The topological polar surface area (TPSA) is 38.7 Å². The van der Waals surface area contributed by atoms with E-state index in [1.165, 1.54) is 0 Å². The van der Waals surface area contributed by atoms with Crippen molar-refractivity contribution in [2.45, 2.75) is 0 Å². The Labute approximate surface area is 161 Å². The maximum atomic E-state index is 4.90. The number of hydrogen-bond acceptors (Lipinski definition) is 3. The van der Waals surface area contributed by atoms with Gasteiger partial charge in [-0.05, 0) is 68.9 Å². The predicted molar refractivity (Wildman–Crippen MR) is 109 cm³/mol. The summed E-state index contributed by atoms with van der Waals surface area (Å²) in [4.78, 5) is 14.0. The van der Waals surface area contributed by atoms with Crippen molar-refractivity contribution in [3.63, 3.8) is 0 Å². The third kappa shape index (κ3) is 2.82. The van der Waals surface area contributed by atoms with Crippen molar-refractivity contribution < 1.29 is 0 Å². The van der Waals surface area contributed by atoms with Gasteiger partial charge in [-0.1, -0.05) is 24.3 Å². The first-order valence-electron chi connectivity index (χ1n) is 7.35. The fourth-order valence-electron chi connectivity index (χ4n) is 2.58. The Morgan fingerprint density at radius 1 is 0.792 bits per heavy atom. The second-order valence-corrected chi connectivity index (χ2v) is 7.21. The summed E-state index contributed by atoms with van der Waals surface area (Å²) >= 11 is 6.01. The molecule has 24 heavy (non-hydrogen) atoms. The van der Waals surface area contributed by atoms with Gasteiger partial charge in [0.05, 0.1) is 22.4 Å². The van der Waals surface area contributed by atoms with Gasteiger partial charge in [-0.2, -0.15) is 0 Å². The number of pyridine rings is 1. The molecule has 0 saturated heterocycles. The van der Waals surface area contributed by atoms with E-state index < -0.39 is 0 Å². The van der Waals surface area contributed by atoms with Gasteiger partial charge in [0.25, 0.3) is 0 Å². The average Bonchev–Trinajstić information content (AvgIpc) is 2.64. The van der Waals surface area contributed by atoms with Crippen LogP contribution in [0.15, 0.2) is 71.5 Å². The molecule has 0 spiro atoms. The van der Waals surface area contributed by atoms with Crippen LogP contribution in [0.5, 0.6) is 0 Å². The second-order valence-electron chi connectivity index (χ2n) is 5.25. The first-order valence-corrected chi connectivity index (χ1v) is 9.23. The summed E-state index contributed by atoms with van der Waals surface area (Å²) in [6.07, 6.45) is 3.59. The summed E-state index contributed by atoms with van der Waals surface area (Å²) in [6, 6.07) is 18.0. The Balaban J connectivity index is 2.07. The molecule has 0 aliphatic heterocycles. The standard InChI is InChI=1S/C19H11BrIN3/c20-17-13(6-3-7-14(17)21)19-18(12-5-4-10-22-11-12)23-15-8-1-2-9-16(15)24-19/h1-11H. The maximum Gasteiger partial charge on any atom is 0.0988 e. The lowest BCUT2D eigenvalue weighted by Gasteiger charge is -2.12. The molecule has 0 aliphatic carbocycles. The van der Waals surface area contributed by atoms with E-state index in [0.29, 0.717) is 0 Å². The first kappa shape index (κ1) is 15.7. The molecule has 2 aromatic carbocycles. The fraction of sp³-hybridized carbons (Fsp3) is 0. The van der Waals surface area contributed by atoms with Crippen LogP contribution in [0.2, 0.25) is 0 Å². The Morgan fingerprint density at radius 2 is 1.54 bits per heavy atom. The zero-order valence-electron chi connectivity index (χ0n) is 12.4. The van der Waals surface area contributed by atoms with Crippen molar-refractivity contribution in [2.24, 2.45) is 0 Å². The summed E-state index contributed by atoms with van der Waals surface area (Å²) in [5.74, 6) is 0. The molecule has 0 N–H and O–H groups in total. The number of fused-ring (bicyclic) bond motifs is 1. The van der Waals surface area contributed by atoms with Gasteiger partial charge in [0.1, 0.15) is 0 Å². The number of benzene rings is 2. The van der Waals surface area contributed by atoms with E-state index in [1.807, 2.05) is 48.7 Å². The molecule has 0 atom stereocenters. The molecule has 0 amide bonds. The van der Waals surface area contributed by atoms with E-state index in [2.05, 4.69) is 55.6 Å². The molecule has 4 rings (SSSR count). The van der Waals surface area contributed by atoms with Crippen molar-refractivity contribution in [3.05, 3.63) is 75.0 Å². The zero-order chi connectivity index (χ0) is 16.5. The molecule has 0 bridgehead atoms. The number of hydrogen-bond donors (Lipinski definition) is 0. The van der Waals surface area contributed by atoms with E-state index >= 15 is 0 Å². The van der Waals surface area contributed by atoms with E-state index in [-0.39, 0.29) is 0 Å². The summed E-state index contributed by atoms with van der Waals surface area (Å²) in [7, 11) is 0. The van der Waals surface area contributed by atoms with Crippen LogP contribution in [0.1, 0.15) is 0 Å². The molecule has 4 aromatic rings. The van der Waals surface area contributed by atoms with Crippen molar-refractivity contribution in [3.8, 4) is 22.5 Å². The van der Waals surface area contributed by atoms with Gasteiger partial charge in [-0.3, -0.25) is 4.98 Å². The minimum atomic E-state index is 0.838. The van der Waals surface area contributed by atoms with E-state index in [1.54, 1.807) is 6.20 Å². The molecule has 0 radical (unpaired) electrons. The average molecular weight is 488 g/mol. The molecular formula is C19H11BrIN3. The largest absolute Gasteiger partial charge is 0.264 e. The van der Waals surface area contributed by atoms with Crippen LogP contribution in [0.4, 0.5) is 0 Å². The lowest BCUT2D eigenvalue weighted by Crippen LogP contribution is -1.97. The van der Waals surface area contributed by atoms with Crippen molar-refractivity contribution >= 4 is 49.6 Å². The molecule has 5 heteroatoms.